The number of carbonyl (C=O) groups excluding carboxylic acids is 1. The van der Waals surface area contributed by atoms with Crippen molar-refractivity contribution in [1.29, 1.82) is 0 Å². The molecule has 1 amide bonds. The van der Waals surface area contributed by atoms with E-state index in [0.717, 1.165) is 30.6 Å². The zero-order valence-corrected chi connectivity index (χ0v) is 13.0. The second kappa shape index (κ2) is 5.55. The molecular weight excluding hydrogens is 294 g/mol. The van der Waals surface area contributed by atoms with Crippen LogP contribution in [0, 0.1) is 17.8 Å². The molecule has 1 saturated heterocycles. The lowest BCUT2D eigenvalue weighted by Crippen LogP contribution is -2.48. The molecule has 1 aliphatic carbocycles. The Bertz CT molecular complexity index is 644. The molecule has 23 heavy (non-hydrogen) atoms. The van der Waals surface area contributed by atoms with Crippen molar-refractivity contribution in [3.05, 3.63) is 29.8 Å². The third kappa shape index (κ3) is 2.38. The van der Waals surface area contributed by atoms with E-state index in [4.69, 9.17) is 4.74 Å². The number of fused-ring (bicyclic) bond motifs is 2. The summed E-state index contributed by atoms with van der Waals surface area (Å²) in [5.74, 6) is 0.145. The van der Waals surface area contributed by atoms with Crippen molar-refractivity contribution in [2.75, 3.05) is 13.2 Å². The van der Waals surface area contributed by atoms with Gasteiger partial charge in [0.2, 0.25) is 5.91 Å². The van der Waals surface area contributed by atoms with Crippen LogP contribution in [0.15, 0.2) is 24.3 Å². The number of nitrogens with zero attached hydrogens (tertiary/aromatic N) is 1. The Labute approximate surface area is 135 Å². The van der Waals surface area contributed by atoms with Crippen LogP contribution in [0.1, 0.15) is 24.8 Å². The van der Waals surface area contributed by atoms with Crippen LogP contribution in [-0.2, 0) is 16.0 Å². The lowest BCUT2D eigenvalue weighted by molar-refractivity contribution is -0.151. The highest BCUT2D eigenvalue weighted by atomic mass is 16.5. The summed E-state index contributed by atoms with van der Waals surface area (Å²) < 4.78 is 5.71. The van der Waals surface area contributed by atoms with E-state index in [9.17, 15) is 14.7 Å². The van der Waals surface area contributed by atoms with E-state index in [2.05, 4.69) is 0 Å². The number of para-hydroxylation sites is 1. The maximum atomic E-state index is 12.9. The van der Waals surface area contributed by atoms with Gasteiger partial charge in [-0.3, -0.25) is 4.79 Å². The fraction of sp³-hybridized carbons (Fsp3) is 0.556. The molecule has 2 heterocycles. The monoisotopic (exact) mass is 315 g/mol. The summed E-state index contributed by atoms with van der Waals surface area (Å²) >= 11 is 0. The summed E-state index contributed by atoms with van der Waals surface area (Å²) in [6.07, 6.45) is 3.69. The molecule has 4 atom stereocenters. The molecule has 0 spiro atoms. The molecule has 1 aromatic carbocycles. The lowest BCUT2D eigenvalue weighted by atomic mass is 9.93. The number of benzene rings is 1. The largest absolute Gasteiger partial charge is 0.492 e. The molecule has 1 saturated carbocycles. The minimum atomic E-state index is -0.857. The van der Waals surface area contributed by atoms with Crippen LogP contribution in [0.5, 0.6) is 5.75 Å². The van der Waals surface area contributed by atoms with Crippen molar-refractivity contribution in [1.82, 2.24) is 4.90 Å². The van der Waals surface area contributed by atoms with E-state index in [-0.39, 0.29) is 17.7 Å². The van der Waals surface area contributed by atoms with Gasteiger partial charge in [-0.25, -0.2) is 4.79 Å². The number of carbonyl (C=O) groups is 2. The summed E-state index contributed by atoms with van der Waals surface area (Å²) in [5.41, 5.74) is 1.03. The number of carboxylic acids is 1. The van der Waals surface area contributed by atoms with Crippen molar-refractivity contribution in [2.45, 2.75) is 31.7 Å². The number of rotatable bonds is 2. The molecular formula is C18H21NO4. The van der Waals surface area contributed by atoms with Gasteiger partial charge in [-0.1, -0.05) is 24.6 Å². The van der Waals surface area contributed by atoms with Crippen molar-refractivity contribution in [3.63, 3.8) is 0 Å². The van der Waals surface area contributed by atoms with Gasteiger partial charge in [-0.15, -0.1) is 0 Å². The quantitative estimate of drug-likeness (QED) is 0.906. The zero-order chi connectivity index (χ0) is 16.0. The van der Waals surface area contributed by atoms with Crippen LogP contribution in [0.25, 0.3) is 0 Å². The van der Waals surface area contributed by atoms with Gasteiger partial charge in [0.25, 0.3) is 0 Å². The van der Waals surface area contributed by atoms with E-state index in [0.29, 0.717) is 25.5 Å². The Balaban J connectivity index is 1.54. The van der Waals surface area contributed by atoms with Gasteiger partial charge < -0.3 is 14.7 Å². The predicted molar refractivity (Wildman–Crippen MR) is 83.1 cm³/mol. The fourth-order valence-electron chi connectivity index (χ4n) is 4.57. The van der Waals surface area contributed by atoms with Crippen LogP contribution < -0.4 is 4.74 Å². The molecule has 4 rings (SSSR count). The van der Waals surface area contributed by atoms with Gasteiger partial charge in [0, 0.05) is 6.54 Å². The minimum Gasteiger partial charge on any atom is -0.492 e. The van der Waals surface area contributed by atoms with E-state index < -0.39 is 12.0 Å². The van der Waals surface area contributed by atoms with Crippen molar-refractivity contribution in [2.24, 2.45) is 17.8 Å². The summed E-state index contributed by atoms with van der Waals surface area (Å²) in [4.78, 5) is 26.3. The normalized spacial score (nSPS) is 32.1. The topological polar surface area (TPSA) is 66.8 Å². The maximum Gasteiger partial charge on any atom is 0.326 e. The SMILES string of the molecule is O=C(O)C1C2CCCC2CN1C(=O)C1COc2ccccc2C1. The maximum absolute atomic E-state index is 12.9. The highest BCUT2D eigenvalue weighted by Crippen LogP contribution is 2.43. The molecule has 2 fully saturated rings. The van der Waals surface area contributed by atoms with Crippen LogP contribution in [0.3, 0.4) is 0 Å². The van der Waals surface area contributed by atoms with Gasteiger partial charge in [0.05, 0.1) is 5.92 Å². The van der Waals surface area contributed by atoms with E-state index >= 15 is 0 Å². The summed E-state index contributed by atoms with van der Waals surface area (Å²) in [6.45, 7) is 0.937. The number of carboxylic acid groups (broad SMARTS) is 1. The Morgan fingerprint density at radius 3 is 2.87 bits per heavy atom. The number of ether oxygens (including phenoxy) is 1. The number of hydrogen-bond donors (Lipinski definition) is 1. The van der Waals surface area contributed by atoms with E-state index in [1.54, 1.807) is 4.90 Å². The molecule has 2 aliphatic heterocycles. The zero-order valence-electron chi connectivity index (χ0n) is 13.0. The second-order valence-electron chi connectivity index (χ2n) is 6.95. The van der Waals surface area contributed by atoms with Gasteiger partial charge in [-0.05, 0) is 42.7 Å². The van der Waals surface area contributed by atoms with Crippen LogP contribution in [0.2, 0.25) is 0 Å². The first-order chi connectivity index (χ1) is 11.1. The molecule has 5 nitrogen and oxygen atoms in total. The molecule has 0 radical (unpaired) electrons. The first kappa shape index (κ1) is 14.5. The average Bonchev–Trinajstić information content (AvgIpc) is 3.13. The standard InChI is InChI=1S/C18H21NO4/c20-17(13-8-11-4-1-2-7-15(11)23-10-13)19-9-12-5-3-6-14(12)16(19)18(21)22/h1-2,4,7,12-14,16H,3,5-6,8-10H2,(H,21,22). The molecule has 1 N–H and O–H groups in total. The highest BCUT2D eigenvalue weighted by Gasteiger charge is 2.50. The number of amides is 1. The summed E-state index contributed by atoms with van der Waals surface area (Å²) in [7, 11) is 0. The van der Waals surface area contributed by atoms with Crippen molar-refractivity contribution in [3.8, 4) is 5.75 Å². The number of hydrogen-bond acceptors (Lipinski definition) is 3. The average molecular weight is 315 g/mol. The highest BCUT2D eigenvalue weighted by molar-refractivity contribution is 5.86. The molecule has 0 aromatic heterocycles. The summed E-state index contributed by atoms with van der Waals surface area (Å²) in [6, 6.07) is 7.10. The number of likely N-dealkylation sites (tertiary alicyclic amines) is 1. The third-order valence-electron chi connectivity index (χ3n) is 5.65. The Kier molecular flexibility index (Phi) is 3.51. The Hall–Kier alpha value is -2.04. The first-order valence-electron chi connectivity index (χ1n) is 8.39. The second-order valence-corrected chi connectivity index (χ2v) is 6.95. The van der Waals surface area contributed by atoms with Crippen LogP contribution in [-0.4, -0.2) is 41.1 Å². The van der Waals surface area contributed by atoms with Crippen LogP contribution in [0.4, 0.5) is 0 Å². The molecule has 122 valence electrons. The molecule has 1 aromatic rings. The Morgan fingerprint density at radius 2 is 2.04 bits per heavy atom. The lowest BCUT2D eigenvalue weighted by Gasteiger charge is -2.31. The molecule has 5 heteroatoms. The van der Waals surface area contributed by atoms with Gasteiger partial charge in [0.15, 0.2) is 0 Å². The fourth-order valence-corrected chi connectivity index (χ4v) is 4.57. The van der Waals surface area contributed by atoms with Gasteiger partial charge >= 0.3 is 5.97 Å². The van der Waals surface area contributed by atoms with Crippen molar-refractivity contribution < 1.29 is 19.4 Å². The van der Waals surface area contributed by atoms with Crippen molar-refractivity contribution >= 4 is 11.9 Å². The smallest absolute Gasteiger partial charge is 0.326 e. The molecule has 4 unspecified atom stereocenters. The Morgan fingerprint density at radius 1 is 1.22 bits per heavy atom. The summed E-state index contributed by atoms with van der Waals surface area (Å²) in [5, 5.41) is 9.61. The molecule has 3 aliphatic rings. The third-order valence-corrected chi connectivity index (χ3v) is 5.65. The molecule has 0 bridgehead atoms. The predicted octanol–water partition coefficient (Wildman–Crippen LogP) is 1.95. The van der Waals surface area contributed by atoms with E-state index in [1.165, 1.54) is 0 Å². The van der Waals surface area contributed by atoms with Crippen LogP contribution >= 0.6 is 0 Å². The number of aliphatic carboxylic acids is 1. The van der Waals surface area contributed by atoms with Gasteiger partial charge in [0.1, 0.15) is 18.4 Å². The van der Waals surface area contributed by atoms with Gasteiger partial charge in [-0.2, -0.15) is 0 Å². The first-order valence-corrected chi connectivity index (χ1v) is 8.39. The minimum absolute atomic E-state index is 0.0543. The van der Waals surface area contributed by atoms with E-state index in [1.807, 2.05) is 24.3 Å².